The molecule has 2 aromatic heterocycles. The Balaban J connectivity index is 2.39. The number of H-pyrrole nitrogens is 1. The molecule has 92 valence electrons. The summed E-state index contributed by atoms with van der Waals surface area (Å²) in [5.74, 6) is 0.221. The van der Waals surface area contributed by atoms with Gasteiger partial charge >= 0.3 is 0 Å². The summed E-state index contributed by atoms with van der Waals surface area (Å²) in [6, 6.07) is 10.7. The minimum atomic E-state index is -0.248. The molecule has 0 atom stereocenters. The lowest BCUT2D eigenvalue weighted by Crippen LogP contribution is -2.10. The van der Waals surface area contributed by atoms with Crippen LogP contribution in [0.1, 0.15) is 5.56 Å². The van der Waals surface area contributed by atoms with Crippen LogP contribution in [0.25, 0.3) is 16.6 Å². The number of rotatable bonds is 1. The molecule has 0 radical (unpaired) electrons. The molecule has 0 saturated carbocycles. The summed E-state index contributed by atoms with van der Waals surface area (Å²) in [6.45, 7) is 0. The molecule has 0 spiro atoms. The number of fused-ring (bicyclic) bond motifs is 1. The van der Waals surface area contributed by atoms with E-state index in [1.807, 2.05) is 24.3 Å². The van der Waals surface area contributed by atoms with Crippen molar-refractivity contribution in [2.75, 3.05) is 5.73 Å². The molecule has 1 aromatic carbocycles. The van der Waals surface area contributed by atoms with Crippen LogP contribution in [-0.4, -0.2) is 14.8 Å². The normalized spacial score (nSPS) is 10.5. The fraction of sp³-hybridized carbons (Fsp3) is 0. The van der Waals surface area contributed by atoms with Gasteiger partial charge < -0.3 is 10.7 Å². The van der Waals surface area contributed by atoms with Crippen molar-refractivity contribution in [2.24, 2.45) is 0 Å². The predicted octanol–water partition coefficient (Wildman–Crippen LogP) is 1.17. The molecule has 6 heteroatoms. The third kappa shape index (κ3) is 1.65. The van der Waals surface area contributed by atoms with Crippen molar-refractivity contribution in [3.8, 4) is 11.8 Å². The lowest BCUT2D eigenvalue weighted by Gasteiger charge is -2.07. The van der Waals surface area contributed by atoms with Crippen molar-refractivity contribution in [3.05, 3.63) is 52.4 Å². The van der Waals surface area contributed by atoms with Gasteiger partial charge in [0.1, 0.15) is 17.5 Å². The minimum absolute atomic E-state index is 0.221. The molecule has 0 aliphatic rings. The summed E-state index contributed by atoms with van der Waals surface area (Å²) >= 11 is 0. The van der Waals surface area contributed by atoms with Crippen molar-refractivity contribution in [1.82, 2.24) is 14.8 Å². The second kappa shape index (κ2) is 3.99. The third-order valence-electron chi connectivity index (χ3n) is 2.88. The van der Waals surface area contributed by atoms with Crippen LogP contribution in [0.4, 0.5) is 5.82 Å². The first-order valence-corrected chi connectivity index (χ1v) is 5.57. The number of hydrogen-bond donors (Lipinski definition) is 2. The van der Waals surface area contributed by atoms with Gasteiger partial charge in [-0.3, -0.25) is 4.79 Å². The quantitative estimate of drug-likeness (QED) is 0.677. The fourth-order valence-corrected chi connectivity index (χ4v) is 2.00. The largest absolute Gasteiger partial charge is 0.382 e. The number of aromatic nitrogens is 3. The van der Waals surface area contributed by atoms with Gasteiger partial charge in [-0.05, 0) is 6.07 Å². The molecule has 3 aromatic rings. The maximum Gasteiger partial charge on any atom is 0.250 e. The van der Waals surface area contributed by atoms with Crippen LogP contribution in [-0.2, 0) is 0 Å². The van der Waals surface area contributed by atoms with Gasteiger partial charge in [-0.15, -0.1) is 0 Å². The van der Waals surface area contributed by atoms with Gasteiger partial charge in [-0.2, -0.15) is 10.4 Å². The first-order chi connectivity index (χ1) is 9.20. The summed E-state index contributed by atoms with van der Waals surface area (Å²) < 4.78 is 1.40. The highest BCUT2D eigenvalue weighted by Gasteiger charge is 2.12. The van der Waals surface area contributed by atoms with E-state index in [4.69, 9.17) is 11.0 Å². The van der Waals surface area contributed by atoms with E-state index in [9.17, 15) is 4.79 Å². The Morgan fingerprint density at radius 3 is 2.89 bits per heavy atom. The fourth-order valence-electron chi connectivity index (χ4n) is 2.00. The summed E-state index contributed by atoms with van der Waals surface area (Å²) in [5, 5.41) is 13.8. The Morgan fingerprint density at radius 2 is 2.16 bits per heavy atom. The van der Waals surface area contributed by atoms with Crippen molar-refractivity contribution in [2.45, 2.75) is 0 Å². The minimum Gasteiger partial charge on any atom is -0.382 e. The highest BCUT2D eigenvalue weighted by atomic mass is 16.1. The number of hydrogen-bond acceptors (Lipinski definition) is 4. The number of nitrogens with two attached hydrogens (primary N) is 1. The molecule has 0 aliphatic heterocycles. The number of nitrogen functional groups attached to an aromatic ring is 1. The monoisotopic (exact) mass is 251 g/mol. The Hall–Kier alpha value is -3.07. The Kier molecular flexibility index (Phi) is 2.32. The van der Waals surface area contributed by atoms with Crippen molar-refractivity contribution >= 4 is 16.7 Å². The molecule has 6 nitrogen and oxygen atoms in total. The molecule has 0 unspecified atom stereocenters. The Bertz CT molecular complexity index is 869. The Labute approximate surface area is 107 Å². The van der Waals surface area contributed by atoms with Gasteiger partial charge in [0.25, 0.3) is 5.56 Å². The molecule has 0 saturated heterocycles. The Morgan fingerprint density at radius 1 is 1.37 bits per heavy atom. The average Bonchev–Trinajstić information content (AvgIpc) is 2.78. The molecular formula is C13H9N5O. The van der Waals surface area contributed by atoms with Gasteiger partial charge in [0.05, 0.1) is 17.4 Å². The molecular weight excluding hydrogens is 242 g/mol. The number of aromatic amines is 1. The SMILES string of the molecule is N#Cc1cnn(-c2cc(=O)[nH]c3ccccc23)c1N. The van der Waals surface area contributed by atoms with E-state index in [-0.39, 0.29) is 16.9 Å². The first-order valence-electron chi connectivity index (χ1n) is 5.57. The predicted molar refractivity (Wildman–Crippen MR) is 70.8 cm³/mol. The zero-order valence-electron chi connectivity index (χ0n) is 9.79. The van der Waals surface area contributed by atoms with Crippen LogP contribution in [0.2, 0.25) is 0 Å². The van der Waals surface area contributed by atoms with Crippen LogP contribution >= 0.6 is 0 Å². The summed E-state index contributed by atoms with van der Waals surface area (Å²) in [5.41, 5.74) is 7.13. The number of nitriles is 1. The zero-order valence-corrected chi connectivity index (χ0v) is 9.79. The van der Waals surface area contributed by atoms with E-state index in [2.05, 4.69) is 10.1 Å². The maximum absolute atomic E-state index is 11.7. The molecule has 0 bridgehead atoms. The number of para-hydroxylation sites is 1. The molecule has 19 heavy (non-hydrogen) atoms. The maximum atomic E-state index is 11.7. The molecule has 0 aliphatic carbocycles. The van der Waals surface area contributed by atoms with E-state index >= 15 is 0 Å². The van der Waals surface area contributed by atoms with Crippen LogP contribution < -0.4 is 11.3 Å². The smallest absolute Gasteiger partial charge is 0.250 e. The number of nitrogens with zero attached hydrogens (tertiary/aromatic N) is 3. The van der Waals surface area contributed by atoms with E-state index in [1.165, 1.54) is 16.9 Å². The zero-order chi connectivity index (χ0) is 13.4. The highest BCUT2D eigenvalue weighted by molar-refractivity contribution is 5.87. The molecule has 0 fully saturated rings. The summed E-state index contributed by atoms with van der Waals surface area (Å²) in [7, 11) is 0. The number of nitrogens with one attached hydrogen (secondary N) is 1. The van der Waals surface area contributed by atoms with Gasteiger partial charge in [0, 0.05) is 11.5 Å². The van der Waals surface area contributed by atoms with E-state index in [0.29, 0.717) is 11.2 Å². The second-order valence-corrected chi connectivity index (χ2v) is 4.03. The van der Waals surface area contributed by atoms with E-state index in [1.54, 1.807) is 6.07 Å². The number of pyridine rings is 1. The topological polar surface area (TPSA) is 100 Å². The average molecular weight is 251 g/mol. The third-order valence-corrected chi connectivity index (χ3v) is 2.88. The molecule has 3 rings (SSSR count). The van der Waals surface area contributed by atoms with E-state index < -0.39 is 0 Å². The van der Waals surface area contributed by atoms with Crippen molar-refractivity contribution in [1.29, 1.82) is 5.26 Å². The molecule has 0 amide bonds. The summed E-state index contributed by atoms with van der Waals surface area (Å²) in [4.78, 5) is 14.4. The second-order valence-electron chi connectivity index (χ2n) is 4.03. The molecule has 2 heterocycles. The van der Waals surface area contributed by atoms with Crippen LogP contribution in [0, 0.1) is 11.3 Å². The van der Waals surface area contributed by atoms with Gasteiger partial charge in [-0.1, -0.05) is 18.2 Å². The van der Waals surface area contributed by atoms with Gasteiger partial charge in [-0.25, -0.2) is 4.68 Å². The van der Waals surface area contributed by atoms with Crippen molar-refractivity contribution in [3.63, 3.8) is 0 Å². The van der Waals surface area contributed by atoms with Crippen LogP contribution in [0.5, 0.6) is 0 Å². The standard InChI is InChI=1S/C13H9N5O/c14-6-8-7-16-18(13(8)15)11-5-12(19)17-10-4-2-1-3-9(10)11/h1-5,7H,15H2,(H,17,19). The lowest BCUT2D eigenvalue weighted by atomic mass is 10.2. The lowest BCUT2D eigenvalue weighted by molar-refractivity contribution is 0.895. The van der Waals surface area contributed by atoms with Gasteiger partial charge in [0.2, 0.25) is 0 Å². The van der Waals surface area contributed by atoms with Crippen LogP contribution in [0.15, 0.2) is 41.3 Å². The molecule has 3 N–H and O–H groups in total. The van der Waals surface area contributed by atoms with E-state index in [0.717, 1.165) is 5.39 Å². The van der Waals surface area contributed by atoms with Gasteiger partial charge in [0.15, 0.2) is 0 Å². The highest BCUT2D eigenvalue weighted by Crippen LogP contribution is 2.22. The van der Waals surface area contributed by atoms with Crippen LogP contribution in [0.3, 0.4) is 0 Å². The number of benzene rings is 1. The van der Waals surface area contributed by atoms with Crippen molar-refractivity contribution < 1.29 is 0 Å². The number of anilines is 1. The first kappa shape index (κ1) is 11.0. The summed E-state index contributed by atoms with van der Waals surface area (Å²) in [6.07, 6.45) is 1.38.